The van der Waals surface area contributed by atoms with Crippen molar-refractivity contribution in [3.05, 3.63) is 65.5 Å². The van der Waals surface area contributed by atoms with E-state index in [9.17, 15) is 4.79 Å². The molecule has 3 N–H and O–H groups in total. The van der Waals surface area contributed by atoms with Crippen LogP contribution >= 0.6 is 11.8 Å². The van der Waals surface area contributed by atoms with Gasteiger partial charge in [-0.3, -0.25) is 4.79 Å². The first-order valence-electron chi connectivity index (χ1n) is 8.24. The van der Waals surface area contributed by atoms with Crippen molar-refractivity contribution in [2.45, 2.75) is 18.5 Å². The van der Waals surface area contributed by atoms with Gasteiger partial charge in [-0.15, -0.1) is 10.2 Å². The number of rotatable bonds is 6. The minimum atomic E-state index is -0.101. The molecule has 1 amide bonds. The second-order valence-electron chi connectivity index (χ2n) is 6.03. The Morgan fingerprint density at radius 3 is 2.73 bits per heavy atom. The Hall–Kier alpha value is -2.80. The number of nitrogens with two attached hydrogens (primary N) is 1. The fourth-order valence-corrected chi connectivity index (χ4v) is 3.22. The number of benzene rings is 2. The van der Waals surface area contributed by atoms with Crippen molar-refractivity contribution in [3.63, 3.8) is 0 Å². The summed E-state index contributed by atoms with van der Waals surface area (Å²) in [4.78, 5) is 12.2. The average Bonchev–Trinajstić information content (AvgIpc) is 2.97. The molecular weight excluding hydrogens is 346 g/mol. The van der Waals surface area contributed by atoms with Crippen molar-refractivity contribution in [2.24, 2.45) is 7.05 Å². The second-order valence-corrected chi connectivity index (χ2v) is 6.97. The van der Waals surface area contributed by atoms with Gasteiger partial charge in [-0.1, -0.05) is 48.2 Å². The summed E-state index contributed by atoms with van der Waals surface area (Å²) in [7, 11) is 1.92. The van der Waals surface area contributed by atoms with Crippen LogP contribution in [0.25, 0.3) is 0 Å². The van der Waals surface area contributed by atoms with Gasteiger partial charge in [0.15, 0.2) is 5.16 Å². The van der Waals surface area contributed by atoms with E-state index >= 15 is 0 Å². The summed E-state index contributed by atoms with van der Waals surface area (Å²) in [5.74, 6) is 1.02. The summed E-state index contributed by atoms with van der Waals surface area (Å²) in [6.07, 6.45) is 0.708. The van der Waals surface area contributed by atoms with Gasteiger partial charge in [0.2, 0.25) is 5.91 Å². The quantitative estimate of drug-likeness (QED) is 0.517. The van der Waals surface area contributed by atoms with E-state index in [1.54, 1.807) is 6.07 Å². The van der Waals surface area contributed by atoms with E-state index in [1.807, 2.05) is 48.9 Å². The van der Waals surface area contributed by atoms with Crippen LogP contribution in [-0.2, 0) is 18.3 Å². The molecule has 3 rings (SSSR count). The standard InChI is InChI=1S/C19H21N5OS/c1-13-8-9-15(20)11-16(13)21-18(25)12-26-19-23-22-17(24(19)2)10-14-6-4-3-5-7-14/h3-9,11H,10,12,20H2,1-2H3,(H,21,25). The number of aromatic nitrogens is 3. The Bertz CT molecular complexity index is 908. The van der Waals surface area contributed by atoms with Crippen LogP contribution in [0.15, 0.2) is 53.7 Å². The summed E-state index contributed by atoms with van der Waals surface area (Å²) < 4.78 is 1.93. The number of aryl methyl sites for hydroxylation is 1. The van der Waals surface area contributed by atoms with E-state index in [2.05, 4.69) is 27.6 Å². The van der Waals surface area contributed by atoms with Crippen LogP contribution in [0.5, 0.6) is 0 Å². The Kier molecular flexibility index (Phi) is 5.58. The topological polar surface area (TPSA) is 85.8 Å². The molecule has 0 saturated heterocycles. The minimum absolute atomic E-state index is 0.101. The van der Waals surface area contributed by atoms with E-state index < -0.39 is 0 Å². The molecule has 26 heavy (non-hydrogen) atoms. The van der Waals surface area contributed by atoms with Crippen molar-refractivity contribution in [1.29, 1.82) is 0 Å². The molecule has 0 spiro atoms. The van der Waals surface area contributed by atoms with Crippen LogP contribution in [0, 0.1) is 6.92 Å². The maximum atomic E-state index is 12.2. The zero-order valence-corrected chi connectivity index (χ0v) is 15.6. The summed E-state index contributed by atoms with van der Waals surface area (Å²) in [6.45, 7) is 1.93. The van der Waals surface area contributed by atoms with E-state index in [4.69, 9.17) is 5.73 Å². The van der Waals surface area contributed by atoms with Gasteiger partial charge in [0, 0.05) is 24.8 Å². The van der Waals surface area contributed by atoms with Gasteiger partial charge >= 0.3 is 0 Å². The molecule has 3 aromatic rings. The normalized spacial score (nSPS) is 10.7. The number of thioether (sulfide) groups is 1. The third kappa shape index (κ3) is 4.43. The van der Waals surface area contributed by atoms with Crippen LogP contribution in [0.3, 0.4) is 0 Å². The zero-order chi connectivity index (χ0) is 18.5. The van der Waals surface area contributed by atoms with E-state index in [1.165, 1.54) is 17.3 Å². The predicted molar refractivity (Wildman–Crippen MR) is 105 cm³/mol. The molecule has 0 saturated carbocycles. The van der Waals surface area contributed by atoms with Gasteiger partial charge in [0.05, 0.1) is 5.75 Å². The van der Waals surface area contributed by atoms with Crippen LogP contribution in [0.4, 0.5) is 11.4 Å². The van der Waals surface area contributed by atoms with Crippen LogP contribution in [0.2, 0.25) is 0 Å². The van der Waals surface area contributed by atoms with Gasteiger partial charge in [0.1, 0.15) is 5.82 Å². The number of carbonyl (C=O) groups excluding carboxylic acids is 1. The molecule has 1 heterocycles. The van der Waals surface area contributed by atoms with Crippen LogP contribution in [-0.4, -0.2) is 26.4 Å². The lowest BCUT2D eigenvalue weighted by atomic mass is 10.1. The Morgan fingerprint density at radius 2 is 1.96 bits per heavy atom. The zero-order valence-electron chi connectivity index (χ0n) is 14.8. The SMILES string of the molecule is Cc1ccc(N)cc1NC(=O)CSc1nnc(Cc2ccccc2)n1C. The first-order valence-corrected chi connectivity index (χ1v) is 9.22. The van der Waals surface area contributed by atoms with Crippen LogP contribution in [0.1, 0.15) is 17.0 Å². The van der Waals surface area contributed by atoms with E-state index in [0.29, 0.717) is 12.1 Å². The maximum Gasteiger partial charge on any atom is 0.234 e. The molecule has 0 radical (unpaired) electrons. The number of amides is 1. The number of anilines is 2. The lowest BCUT2D eigenvalue weighted by molar-refractivity contribution is -0.113. The predicted octanol–water partition coefficient (Wildman–Crippen LogP) is 3.03. The van der Waals surface area contributed by atoms with Gasteiger partial charge in [-0.2, -0.15) is 0 Å². The Balaban J connectivity index is 1.59. The summed E-state index contributed by atoms with van der Waals surface area (Å²) in [5.41, 5.74) is 9.28. The molecule has 0 fully saturated rings. The minimum Gasteiger partial charge on any atom is -0.399 e. The summed E-state index contributed by atoms with van der Waals surface area (Å²) >= 11 is 1.36. The lowest BCUT2D eigenvalue weighted by Gasteiger charge is -2.09. The molecule has 0 aliphatic heterocycles. The molecule has 0 bridgehead atoms. The smallest absolute Gasteiger partial charge is 0.234 e. The Labute approximate surface area is 156 Å². The maximum absolute atomic E-state index is 12.2. The Morgan fingerprint density at radius 1 is 1.19 bits per heavy atom. The molecule has 1 aromatic heterocycles. The molecule has 134 valence electrons. The number of hydrogen-bond donors (Lipinski definition) is 2. The highest BCUT2D eigenvalue weighted by Gasteiger charge is 2.12. The average molecular weight is 367 g/mol. The molecule has 7 heteroatoms. The van der Waals surface area contributed by atoms with Crippen molar-refractivity contribution < 1.29 is 4.79 Å². The van der Waals surface area contributed by atoms with E-state index in [-0.39, 0.29) is 11.7 Å². The molecular formula is C19H21N5OS. The van der Waals surface area contributed by atoms with Crippen molar-refractivity contribution in [2.75, 3.05) is 16.8 Å². The molecule has 0 aliphatic carbocycles. The van der Waals surface area contributed by atoms with Gasteiger partial charge < -0.3 is 15.6 Å². The van der Waals surface area contributed by atoms with Crippen molar-refractivity contribution >= 4 is 29.0 Å². The highest BCUT2D eigenvalue weighted by molar-refractivity contribution is 7.99. The summed E-state index contributed by atoms with van der Waals surface area (Å²) in [6, 6.07) is 15.6. The highest BCUT2D eigenvalue weighted by atomic mass is 32.2. The number of nitrogens with one attached hydrogen (secondary N) is 1. The van der Waals surface area contributed by atoms with Gasteiger partial charge in [0.25, 0.3) is 0 Å². The number of nitrogen functional groups attached to an aromatic ring is 1. The lowest BCUT2D eigenvalue weighted by Crippen LogP contribution is -2.15. The van der Waals surface area contributed by atoms with Gasteiger partial charge in [-0.25, -0.2) is 0 Å². The third-order valence-corrected chi connectivity index (χ3v) is 5.02. The second kappa shape index (κ2) is 8.05. The monoisotopic (exact) mass is 367 g/mol. The number of carbonyl (C=O) groups is 1. The summed E-state index contributed by atoms with van der Waals surface area (Å²) in [5, 5.41) is 12.0. The highest BCUT2D eigenvalue weighted by Crippen LogP contribution is 2.20. The fraction of sp³-hybridized carbons (Fsp3) is 0.211. The number of hydrogen-bond acceptors (Lipinski definition) is 5. The molecule has 0 aliphatic rings. The van der Waals surface area contributed by atoms with Crippen molar-refractivity contribution in [3.8, 4) is 0 Å². The van der Waals surface area contributed by atoms with Crippen molar-refractivity contribution in [1.82, 2.24) is 14.8 Å². The third-order valence-electron chi connectivity index (χ3n) is 4.00. The largest absolute Gasteiger partial charge is 0.399 e. The fourth-order valence-electron chi connectivity index (χ4n) is 2.49. The molecule has 6 nitrogen and oxygen atoms in total. The first kappa shape index (κ1) is 18.0. The molecule has 2 aromatic carbocycles. The van der Waals surface area contributed by atoms with Crippen LogP contribution < -0.4 is 11.1 Å². The van der Waals surface area contributed by atoms with Gasteiger partial charge in [-0.05, 0) is 30.2 Å². The first-order chi connectivity index (χ1) is 12.5. The molecule has 0 atom stereocenters. The number of nitrogens with zero attached hydrogens (tertiary/aromatic N) is 3. The molecule has 0 unspecified atom stereocenters. The van der Waals surface area contributed by atoms with E-state index in [0.717, 1.165) is 22.2 Å².